The maximum Gasteiger partial charge on any atom is 0.323 e. The van der Waals surface area contributed by atoms with Gasteiger partial charge in [0.1, 0.15) is 18.2 Å². The highest BCUT2D eigenvalue weighted by atomic mass is 32.2. The zero-order valence-electron chi connectivity index (χ0n) is 17.6. The number of rotatable bonds is 10. The molecule has 1 aliphatic heterocycles. The van der Waals surface area contributed by atoms with E-state index in [1.165, 1.54) is 22.5 Å². The molecule has 1 heterocycles. The first kappa shape index (κ1) is 22.8. The maximum absolute atomic E-state index is 13.4. The van der Waals surface area contributed by atoms with E-state index < -0.39 is 16.0 Å². The molecule has 0 radical (unpaired) electrons. The van der Waals surface area contributed by atoms with Crippen LogP contribution in [0.2, 0.25) is 0 Å². The molecule has 2 aromatic rings. The van der Waals surface area contributed by atoms with Crippen molar-refractivity contribution in [3.8, 4) is 5.75 Å². The number of likely N-dealkylation sites (N-methyl/N-ethyl adjacent to an activating group) is 1. The normalized spacial score (nSPS) is 14.0. The number of fused-ring (bicyclic) bond motifs is 1. The lowest BCUT2D eigenvalue weighted by atomic mass is 10.0. The molecule has 2 aromatic carbocycles. The van der Waals surface area contributed by atoms with E-state index in [2.05, 4.69) is 16.2 Å². The smallest absolute Gasteiger partial charge is 0.323 e. The van der Waals surface area contributed by atoms with Gasteiger partial charge in [-0.1, -0.05) is 24.3 Å². The predicted molar refractivity (Wildman–Crippen MR) is 123 cm³/mol. The summed E-state index contributed by atoms with van der Waals surface area (Å²) in [6, 6.07) is 10.8. The summed E-state index contributed by atoms with van der Waals surface area (Å²) in [5.74, 6) is 0.197. The summed E-state index contributed by atoms with van der Waals surface area (Å²) in [7, 11) is -1.85. The van der Waals surface area contributed by atoms with Crippen LogP contribution in [0.4, 0.5) is 15.8 Å². The second kappa shape index (κ2) is 10.5. The standard InChI is InChI=1S/C23H28FN3O3S/c1-3-13-26(2)14-4-5-16-30-22-11-12-23-19(17-22)8-7-15-27(23)31(28,29)25-21-10-6-9-20(24)18-21/h3-6,9-12,17-18,25H,1,7-8,13-16H2,2H3. The van der Waals surface area contributed by atoms with E-state index in [1.807, 2.05) is 31.3 Å². The van der Waals surface area contributed by atoms with E-state index in [9.17, 15) is 12.8 Å². The van der Waals surface area contributed by atoms with Crippen LogP contribution in [0.5, 0.6) is 5.75 Å². The summed E-state index contributed by atoms with van der Waals surface area (Å²) in [5.41, 5.74) is 1.71. The lowest BCUT2D eigenvalue weighted by Gasteiger charge is -2.30. The van der Waals surface area contributed by atoms with Gasteiger partial charge in [-0.15, -0.1) is 6.58 Å². The van der Waals surface area contributed by atoms with E-state index in [1.54, 1.807) is 12.1 Å². The molecule has 1 aliphatic rings. The molecular formula is C23H28FN3O3S. The molecule has 31 heavy (non-hydrogen) atoms. The highest BCUT2D eigenvalue weighted by Crippen LogP contribution is 2.32. The Labute approximate surface area is 183 Å². The number of aryl methyl sites for hydroxylation is 1. The number of halogens is 1. The Balaban J connectivity index is 1.66. The van der Waals surface area contributed by atoms with E-state index in [0.717, 1.165) is 31.1 Å². The molecule has 3 rings (SSSR count). The van der Waals surface area contributed by atoms with E-state index in [-0.39, 0.29) is 5.69 Å². The Morgan fingerprint density at radius 2 is 2.06 bits per heavy atom. The molecule has 166 valence electrons. The van der Waals surface area contributed by atoms with E-state index >= 15 is 0 Å². The molecule has 1 N–H and O–H groups in total. The molecule has 0 saturated carbocycles. The number of benzene rings is 2. The van der Waals surface area contributed by atoms with Gasteiger partial charge in [0, 0.05) is 19.6 Å². The van der Waals surface area contributed by atoms with Crippen LogP contribution in [0.25, 0.3) is 0 Å². The first-order chi connectivity index (χ1) is 14.9. The van der Waals surface area contributed by atoms with E-state index in [4.69, 9.17) is 4.74 Å². The van der Waals surface area contributed by atoms with Crippen molar-refractivity contribution in [2.75, 3.05) is 42.3 Å². The minimum atomic E-state index is -3.86. The molecule has 0 unspecified atom stereocenters. The lowest BCUT2D eigenvalue weighted by Crippen LogP contribution is -2.39. The fraction of sp³-hybridized carbons (Fsp3) is 0.304. The van der Waals surface area contributed by atoms with Gasteiger partial charge >= 0.3 is 10.2 Å². The molecule has 8 heteroatoms. The van der Waals surface area contributed by atoms with Crippen LogP contribution < -0.4 is 13.8 Å². The van der Waals surface area contributed by atoms with Crippen LogP contribution in [0.1, 0.15) is 12.0 Å². The summed E-state index contributed by atoms with van der Waals surface area (Å²) in [5, 5.41) is 0. The number of nitrogens with zero attached hydrogens (tertiary/aromatic N) is 2. The predicted octanol–water partition coefficient (Wildman–Crippen LogP) is 3.99. The molecule has 0 atom stereocenters. The number of anilines is 2. The zero-order chi connectivity index (χ0) is 22.3. The summed E-state index contributed by atoms with van der Waals surface area (Å²) < 4.78 is 48.8. The number of hydrogen-bond donors (Lipinski definition) is 1. The van der Waals surface area contributed by atoms with Gasteiger partial charge in [-0.25, -0.2) is 4.39 Å². The fourth-order valence-corrected chi connectivity index (χ4v) is 4.74. The molecule has 0 spiro atoms. The third-order valence-electron chi connectivity index (χ3n) is 4.86. The van der Waals surface area contributed by atoms with Crippen molar-refractivity contribution in [3.05, 3.63) is 78.7 Å². The minimum absolute atomic E-state index is 0.192. The van der Waals surface area contributed by atoms with Crippen LogP contribution in [0.3, 0.4) is 0 Å². The quantitative estimate of drug-likeness (QED) is 0.562. The van der Waals surface area contributed by atoms with Gasteiger partial charge in [-0.3, -0.25) is 13.9 Å². The van der Waals surface area contributed by atoms with Gasteiger partial charge in [-0.2, -0.15) is 8.42 Å². The van der Waals surface area contributed by atoms with Gasteiger partial charge < -0.3 is 4.74 Å². The second-order valence-corrected chi connectivity index (χ2v) is 8.97. The number of ether oxygens (including phenoxy) is 1. The van der Waals surface area contributed by atoms with Crippen molar-refractivity contribution >= 4 is 21.6 Å². The summed E-state index contributed by atoms with van der Waals surface area (Å²) >= 11 is 0. The monoisotopic (exact) mass is 445 g/mol. The minimum Gasteiger partial charge on any atom is -0.490 e. The van der Waals surface area contributed by atoms with Gasteiger partial charge in [0.2, 0.25) is 0 Å². The zero-order valence-corrected chi connectivity index (χ0v) is 18.4. The fourth-order valence-electron chi connectivity index (χ4n) is 3.40. The topological polar surface area (TPSA) is 61.9 Å². The number of nitrogens with one attached hydrogen (secondary N) is 1. The summed E-state index contributed by atoms with van der Waals surface area (Å²) in [6.07, 6.45) is 7.30. The van der Waals surface area contributed by atoms with Crippen LogP contribution in [-0.4, -0.2) is 46.6 Å². The Morgan fingerprint density at radius 3 is 2.84 bits per heavy atom. The van der Waals surface area contributed by atoms with Crippen LogP contribution in [-0.2, 0) is 16.6 Å². The Hall–Kier alpha value is -2.84. The SMILES string of the molecule is C=CCN(C)CC=CCOc1ccc2c(c1)CCCN2S(=O)(=O)Nc1cccc(F)c1. The highest BCUT2D eigenvalue weighted by molar-refractivity contribution is 7.94. The van der Waals surface area contributed by atoms with Gasteiger partial charge in [0.15, 0.2) is 0 Å². The van der Waals surface area contributed by atoms with Crippen molar-refractivity contribution < 1.29 is 17.5 Å². The molecule has 6 nitrogen and oxygen atoms in total. The van der Waals surface area contributed by atoms with Crippen molar-refractivity contribution in [3.63, 3.8) is 0 Å². The van der Waals surface area contributed by atoms with Gasteiger partial charge in [-0.05, 0) is 61.9 Å². The van der Waals surface area contributed by atoms with Crippen molar-refractivity contribution in [1.29, 1.82) is 0 Å². The molecule has 0 fully saturated rings. The van der Waals surface area contributed by atoms with Crippen LogP contribution in [0, 0.1) is 5.82 Å². The van der Waals surface area contributed by atoms with Crippen molar-refractivity contribution in [1.82, 2.24) is 4.90 Å². The molecule has 0 aromatic heterocycles. The first-order valence-corrected chi connectivity index (χ1v) is 11.6. The van der Waals surface area contributed by atoms with Crippen LogP contribution >= 0.6 is 0 Å². The average Bonchev–Trinajstić information content (AvgIpc) is 2.73. The summed E-state index contributed by atoms with van der Waals surface area (Å²) in [6.45, 7) is 6.14. The third-order valence-corrected chi connectivity index (χ3v) is 6.31. The van der Waals surface area contributed by atoms with Gasteiger partial charge in [0.25, 0.3) is 0 Å². The van der Waals surface area contributed by atoms with E-state index in [0.29, 0.717) is 31.0 Å². The summed E-state index contributed by atoms with van der Waals surface area (Å²) in [4.78, 5) is 2.12. The average molecular weight is 446 g/mol. The molecular weight excluding hydrogens is 417 g/mol. The largest absolute Gasteiger partial charge is 0.490 e. The van der Waals surface area contributed by atoms with Crippen molar-refractivity contribution in [2.24, 2.45) is 0 Å². The Kier molecular flexibility index (Phi) is 7.70. The molecule has 0 aliphatic carbocycles. The Morgan fingerprint density at radius 1 is 1.23 bits per heavy atom. The van der Waals surface area contributed by atoms with Crippen molar-refractivity contribution in [2.45, 2.75) is 12.8 Å². The maximum atomic E-state index is 13.4. The van der Waals surface area contributed by atoms with Gasteiger partial charge in [0.05, 0.1) is 11.4 Å². The Bertz CT molecular complexity index is 1040. The molecule has 0 saturated heterocycles. The first-order valence-electron chi connectivity index (χ1n) is 10.2. The number of hydrogen-bond acceptors (Lipinski definition) is 4. The molecule has 0 bridgehead atoms. The lowest BCUT2D eigenvalue weighted by molar-refractivity contribution is 0.360. The third kappa shape index (κ3) is 6.32. The highest BCUT2D eigenvalue weighted by Gasteiger charge is 2.27. The van der Waals surface area contributed by atoms with Crippen LogP contribution in [0.15, 0.2) is 67.3 Å². The second-order valence-electron chi connectivity index (χ2n) is 7.38. The molecule has 0 amide bonds.